The lowest BCUT2D eigenvalue weighted by Crippen LogP contribution is -2.39. The molecular weight excluding hydrogens is 340 g/mol. The Balaban J connectivity index is 1.73. The first-order chi connectivity index (χ1) is 12.2. The summed E-state index contributed by atoms with van der Waals surface area (Å²) in [5.74, 6) is 0.737. The summed E-state index contributed by atoms with van der Waals surface area (Å²) >= 11 is 5.65. The number of pyridine rings is 1. The summed E-state index contributed by atoms with van der Waals surface area (Å²) in [5, 5.41) is 0. The predicted octanol–water partition coefficient (Wildman–Crippen LogP) is 1.99. The topological polar surface area (TPSA) is 56.8 Å². The number of anilines is 1. The zero-order valence-electron chi connectivity index (χ0n) is 14.5. The van der Waals surface area contributed by atoms with E-state index in [9.17, 15) is 9.59 Å². The van der Waals surface area contributed by atoms with Crippen LogP contribution < -0.4 is 4.90 Å². The van der Waals surface area contributed by atoms with Gasteiger partial charge in [0, 0.05) is 45.5 Å². The molecule has 2 saturated heterocycles. The Morgan fingerprint density at radius 2 is 1.68 bits per heavy atom. The Morgan fingerprint density at radius 3 is 2.44 bits per heavy atom. The molecule has 1 aromatic heterocycles. The highest BCUT2D eigenvalue weighted by Crippen LogP contribution is 2.23. The van der Waals surface area contributed by atoms with Crippen LogP contribution in [0.3, 0.4) is 0 Å². The van der Waals surface area contributed by atoms with E-state index in [4.69, 9.17) is 11.6 Å². The summed E-state index contributed by atoms with van der Waals surface area (Å²) < 4.78 is 0. The summed E-state index contributed by atoms with van der Waals surface area (Å²) in [7, 11) is 0. The number of hydrogen-bond donors (Lipinski definition) is 0. The van der Waals surface area contributed by atoms with E-state index in [1.165, 1.54) is 6.42 Å². The van der Waals surface area contributed by atoms with Crippen molar-refractivity contribution in [2.45, 2.75) is 25.7 Å². The number of alkyl halides is 1. The van der Waals surface area contributed by atoms with E-state index in [1.807, 2.05) is 17.0 Å². The highest BCUT2D eigenvalue weighted by Gasteiger charge is 2.26. The zero-order chi connectivity index (χ0) is 17.6. The maximum atomic E-state index is 13.1. The fourth-order valence-corrected chi connectivity index (χ4v) is 3.72. The van der Waals surface area contributed by atoms with E-state index in [0.717, 1.165) is 38.2 Å². The Bertz CT molecular complexity index is 619. The first-order valence-electron chi connectivity index (χ1n) is 9.03. The molecule has 0 bridgehead atoms. The molecule has 0 aromatic carbocycles. The second kappa shape index (κ2) is 8.52. The minimum atomic E-state index is -0.0636. The van der Waals surface area contributed by atoms with Crippen LogP contribution in [0.1, 0.15) is 36.0 Å². The van der Waals surface area contributed by atoms with E-state index in [1.54, 1.807) is 11.1 Å². The second-order valence-electron chi connectivity index (χ2n) is 6.58. The number of piperidine rings is 1. The van der Waals surface area contributed by atoms with Gasteiger partial charge in [-0.3, -0.25) is 9.59 Å². The van der Waals surface area contributed by atoms with E-state index in [2.05, 4.69) is 9.88 Å². The Morgan fingerprint density at radius 1 is 0.960 bits per heavy atom. The Hall–Kier alpha value is -1.82. The molecule has 3 heterocycles. The average molecular weight is 365 g/mol. The maximum absolute atomic E-state index is 13.1. The fourth-order valence-electron chi connectivity index (χ4n) is 3.55. The Kier molecular flexibility index (Phi) is 6.13. The van der Waals surface area contributed by atoms with Crippen molar-refractivity contribution in [2.24, 2.45) is 0 Å². The number of rotatable bonds is 3. The molecule has 3 rings (SSSR count). The highest BCUT2D eigenvalue weighted by atomic mass is 35.5. The van der Waals surface area contributed by atoms with Crippen molar-refractivity contribution in [1.29, 1.82) is 0 Å². The summed E-state index contributed by atoms with van der Waals surface area (Å²) in [6.07, 6.45) is 6.05. The molecule has 6 nitrogen and oxygen atoms in total. The van der Waals surface area contributed by atoms with Gasteiger partial charge in [0.25, 0.3) is 5.91 Å². The van der Waals surface area contributed by atoms with Crippen LogP contribution in [0, 0.1) is 0 Å². The van der Waals surface area contributed by atoms with Crippen LogP contribution in [0.4, 0.5) is 5.82 Å². The van der Waals surface area contributed by atoms with Crippen molar-refractivity contribution < 1.29 is 9.59 Å². The van der Waals surface area contributed by atoms with Gasteiger partial charge in [-0.2, -0.15) is 0 Å². The van der Waals surface area contributed by atoms with E-state index in [0.29, 0.717) is 31.7 Å². The number of aromatic nitrogens is 1. The third kappa shape index (κ3) is 4.24. The normalized spacial score (nSPS) is 18.8. The number of carbonyl (C=O) groups excluding carboxylic acids is 2. The van der Waals surface area contributed by atoms with Crippen LogP contribution in [0.5, 0.6) is 0 Å². The molecule has 2 aliphatic rings. The first-order valence-corrected chi connectivity index (χ1v) is 9.57. The number of amides is 2. The SMILES string of the molecule is O=C(CCl)N1CCCN(C(=O)c2cccnc2N2CCCCC2)CC1. The molecule has 2 fully saturated rings. The summed E-state index contributed by atoms with van der Waals surface area (Å²) in [6, 6.07) is 3.69. The zero-order valence-corrected chi connectivity index (χ0v) is 15.2. The van der Waals surface area contributed by atoms with Gasteiger partial charge in [-0.1, -0.05) is 0 Å². The predicted molar refractivity (Wildman–Crippen MR) is 98.1 cm³/mol. The van der Waals surface area contributed by atoms with Crippen LogP contribution in [0.25, 0.3) is 0 Å². The van der Waals surface area contributed by atoms with Crippen LogP contribution in [0.2, 0.25) is 0 Å². The lowest BCUT2D eigenvalue weighted by atomic mass is 10.1. The minimum Gasteiger partial charge on any atom is -0.356 e. The molecule has 2 amide bonds. The smallest absolute Gasteiger partial charge is 0.257 e. The molecule has 0 atom stereocenters. The lowest BCUT2D eigenvalue weighted by molar-refractivity contribution is -0.128. The molecule has 0 saturated carbocycles. The number of halogens is 1. The van der Waals surface area contributed by atoms with E-state index in [-0.39, 0.29) is 17.7 Å². The van der Waals surface area contributed by atoms with Gasteiger partial charge in [-0.05, 0) is 37.8 Å². The third-order valence-electron chi connectivity index (χ3n) is 4.92. The number of carbonyl (C=O) groups is 2. The van der Waals surface area contributed by atoms with Crippen LogP contribution >= 0.6 is 11.6 Å². The van der Waals surface area contributed by atoms with E-state index < -0.39 is 0 Å². The summed E-state index contributed by atoms with van der Waals surface area (Å²) in [5.41, 5.74) is 0.668. The largest absolute Gasteiger partial charge is 0.356 e. The average Bonchev–Trinajstić information content (AvgIpc) is 2.94. The van der Waals surface area contributed by atoms with Gasteiger partial charge < -0.3 is 14.7 Å². The van der Waals surface area contributed by atoms with Gasteiger partial charge in [0.1, 0.15) is 11.7 Å². The molecule has 0 unspecified atom stereocenters. The molecule has 1 aromatic rings. The van der Waals surface area contributed by atoms with Crippen molar-refractivity contribution in [1.82, 2.24) is 14.8 Å². The maximum Gasteiger partial charge on any atom is 0.257 e. The minimum absolute atomic E-state index is 0.00431. The molecule has 0 radical (unpaired) electrons. The molecule has 25 heavy (non-hydrogen) atoms. The number of hydrogen-bond acceptors (Lipinski definition) is 4. The molecule has 7 heteroatoms. The van der Waals surface area contributed by atoms with Gasteiger partial charge in [-0.15, -0.1) is 11.6 Å². The Labute approximate surface area is 153 Å². The van der Waals surface area contributed by atoms with Gasteiger partial charge >= 0.3 is 0 Å². The van der Waals surface area contributed by atoms with Crippen LogP contribution in [0.15, 0.2) is 18.3 Å². The first kappa shape index (κ1) is 18.0. The van der Waals surface area contributed by atoms with Crippen molar-refractivity contribution in [2.75, 3.05) is 50.0 Å². The lowest BCUT2D eigenvalue weighted by Gasteiger charge is -2.30. The molecule has 0 N–H and O–H groups in total. The van der Waals surface area contributed by atoms with Crippen molar-refractivity contribution in [3.63, 3.8) is 0 Å². The second-order valence-corrected chi connectivity index (χ2v) is 6.85. The van der Waals surface area contributed by atoms with Crippen molar-refractivity contribution >= 4 is 29.2 Å². The van der Waals surface area contributed by atoms with Gasteiger partial charge in [-0.25, -0.2) is 4.98 Å². The van der Waals surface area contributed by atoms with Crippen molar-refractivity contribution in [3.8, 4) is 0 Å². The summed E-state index contributed by atoms with van der Waals surface area (Å²) in [6.45, 7) is 4.29. The van der Waals surface area contributed by atoms with Gasteiger partial charge in [0.2, 0.25) is 5.91 Å². The van der Waals surface area contributed by atoms with Crippen LogP contribution in [-0.2, 0) is 4.79 Å². The molecule has 0 aliphatic carbocycles. The monoisotopic (exact) mass is 364 g/mol. The summed E-state index contributed by atoms with van der Waals surface area (Å²) in [4.78, 5) is 35.2. The van der Waals surface area contributed by atoms with Crippen LogP contribution in [-0.4, -0.2) is 71.7 Å². The molecule has 136 valence electrons. The third-order valence-corrected chi connectivity index (χ3v) is 5.15. The van der Waals surface area contributed by atoms with E-state index >= 15 is 0 Å². The van der Waals surface area contributed by atoms with Gasteiger partial charge in [0.15, 0.2) is 0 Å². The quantitative estimate of drug-likeness (QED) is 0.770. The molecule has 2 aliphatic heterocycles. The number of nitrogens with zero attached hydrogens (tertiary/aromatic N) is 4. The van der Waals surface area contributed by atoms with Crippen molar-refractivity contribution in [3.05, 3.63) is 23.9 Å². The fraction of sp³-hybridized carbons (Fsp3) is 0.611. The van der Waals surface area contributed by atoms with Gasteiger partial charge in [0.05, 0.1) is 5.56 Å². The standard InChI is InChI=1S/C18H25ClN4O2/c19-14-16(24)21-10-5-11-23(13-12-21)18(25)15-6-4-7-20-17(15)22-8-2-1-3-9-22/h4,6-7H,1-3,5,8-14H2. The molecule has 0 spiro atoms. The molecular formula is C18H25ClN4O2. The highest BCUT2D eigenvalue weighted by molar-refractivity contribution is 6.27.